The van der Waals surface area contributed by atoms with Crippen LogP contribution in [0.5, 0.6) is 0 Å². The number of nitrogens with zero attached hydrogens (tertiary/aromatic N) is 1. The van der Waals surface area contributed by atoms with Gasteiger partial charge in [-0.05, 0) is 77.5 Å². The first-order chi connectivity index (χ1) is 11.3. The molecule has 1 saturated carbocycles. The fourth-order valence-corrected chi connectivity index (χ4v) is 5.85. The first-order valence-electron chi connectivity index (χ1n) is 8.89. The molecule has 0 aromatic heterocycles. The summed E-state index contributed by atoms with van der Waals surface area (Å²) in [6, 6.07) is 6.43. The van der Waals surface area contributed by atoms with Gasteiger partial charge < -0.3 is 4.74 Å². The van der Waals surface area contributed by atoms with Gasteiger partial charge in [-0.2, -0.15) is 0 Å². The maximum atomic E-state index is 13.4. The summed E-state index contributed by atoms with van der Waals surface area (Å²) in [5.74, 6) is 0. The van der Waals surface area contributed by atoms with Gasteiger partial charge in [-0.25, -0.2) is 4.21 Å². The molecule has 0 radical (unpaired) electrons. The molecule has 0 bridgehead atoms. The van der Waals surface area contributed by atoms with Crippen LogP contribution in [0.3, 0.4) is 0 Å². The molecule has 3 rings (SSSR count). The summed E-state index contributed by atoms with van der Waals surface area (Å²) in [5.41, 5.74) is 2.45. The molecule has 1 fully saturated rings. The van der Waals surface area contributed by atoms with Crippen LogP contribution in [-0.4, -0.2) is 27.2 Å². The first-order valence-corrected chi connectivity index (χ1v) is 10.8. The molecule has 1 aliphatic carbocycles. The van der Waals surface area contributed by atoms with Gasteiger partial charge in [0.05, 0.1) is 22.1 Å². The van der Waals surface area contributed by atoms with Gasteiger partial charge in [0, 0.05) is 11.1 Å². The summed E-state index contributed by atoms with van der Waals surface area (Å²) in [6.07, 6.45) is 5.57. The Labute approximate surface area is 156 Å². The maximum Gasteiger partial charge on any atom is 0.125 e. The number of hydrogen-bond acceptors (Lipinski definition) is 2. The van der Waals surface area contributed by atoms with Crippen LogP contribution < -0.4 is 4.31 Å². The number of ether oxygens (including phenoxy) is 1. The van der Waals surface area contributed by atoms with Crippen molar-refractivity contribution >= 4 is 32.6 Å². The molecule has 0 saturated heterocycles. The summed E-state index contributed by atoms with van der Waals surface area (Å²) in [6.45, 7) is 9.05. The number of anilines is 1. The molecular weight excluding hydrogens is 386 g/mol. The van der Waals surface area contributed by atoms with Crippen molar-refractivity contribution in [2.75, 3.05) is 10.9 Å². The van der Waals surface area contributed by atoms with Crippen molar-refractivity contribution in [3.8, 4) is 0 Å². The van der Waals surface area contributed by atoms with E-state index < -0.39 is 11.0 Å². The van der Waals surface area contributed by atoms with Crippen molar-refractivity contribution in [2.45, 2.75) is 76.2 Å². The summed E-state index contributed by atoms with van der Waals surface area (Å²) < 4.78 is 22.3. The number of hydrogen-bond donors (Lipinski definition) is 0. The second-order valence-corrected chi connectivity index (χ2v) is 11.0. The van der Waals surface area contributed by atoms with Gasteiger partial charge in [-0.1, -0.05) is 22.0 Å². The molecule has 1 aromatic rings. The van der Waals surface area contributed by atoms with Crippen LogP contribution in [0.1, 0.15) is 58.9 Å². The summed E-state index contributed by atoms with van der Waals surface area (Å²) in [4.78, 5) is 0. The Morgan fingerprint density at radius 3 is 2.58 bits per heavy atom. The fraction of sp³-hybridized carbons (Fsp3) is 0.684. The van der Waals surface area contributed by atoms with E-state index in [0.29, 0.717) is 6.10 Å². The van der Waals surface area contributed by atoms with Crippen molar-refractivity contribution in [1.29, 1.82) is 0 Å². The topological polar surface area (TPSA) is 29.5 Å². The molecule has 24 heavy (non-hydrogen) atoms. The quantitative estimate of drug-likeness (QED) is 0.697. The van der Waals surface area contributed by atoms with E-state index in [4.69, 9.17) is 4.74 Å². The Kier molecular flexibility index (Phi) is 5.16. The number of halogens is 1. The second-order valence-electron chi connectivity index (χ2n) is 7.98. The predicted molar refractivity (Wildman–Crippen MR) is 105 cm³/mol. The first kappa shape index (κ1) is 18.4. The Balaban J connectivity index is 1.96. The highest BCUT2D eigenvalue weighted by Gasteiger charge is 2.50. The van der Waals surface area contributed by atoms with Crippen LogP contribution in [0.15, 0.2) is 22.7 Å². The molecule has 134 valence electrons. The van der Waals surface area contributed by atoms with Gasteiger partial charge in [0.1, 0.15) is 11.0 Å². The van der Waals surface area contributed by atoms with Crippen LogP contribution in [0.2, 0.25) is 0 Å². The van der Waals surface area contributed by atoms with E-state index in [9.17, 15) is 4.21 Å². The maximum absolute atomic E-state index is 13.4. The lowest BCUT2D eigenvalue weighted by atomic mass is 9.78. The minimum atomic E-state index is -1.06. The van der Waals surface area contributed by atoms with Gasteiger partial charge in [-0.3, -0.25) is 4.31 Å². The van der Waals surface area contributed by atoms with E-state index in [1.807, 2.05) is 0 Å². The molecular formula is C19H28BrNO2S. The SMILES string of the molecule is CCOC1CCC2(CC1)Cc1ccc(Br)cc1N2S(=O)C(C)(C)C. The zero-order valence-electron chi connectivity index (χ0n) is 15.1. The zero-order valence-corrected chi connectivity index (χ0v) is 17.5. The second kappa shape index (κ2) is 6.73. The van der Waals surface area contributed by atoms with Crippen LogP contribution in [-0.2, 0) is 22.1 Å². The molecule has 1 spiro atoms. The summed E-state index contributed by atoms with van der Waals surface area (Å²) >= 11 is 3.59. The Bertz CT molecular complexity index is 633. The zero-order chi connectivity index (χ0) is 17.5. The van der Waals surface area contributed by atoms with E-state index in [1.54, 1.807) is 0 Å². The standard InChI is InChI=1S/C19H28BrNO2S/c1-5-23-16-8-10-19(11-9-16)13-14-6-7-15(20)12-17(14)21(19)24(22)18(2,3)4/h6-7,12,16H,5,8-11,13H2,1-4H3. The van der Waals surface area contributed by atoms with Crippen LogP contribution in [0.4, 0.5) is 5.69 Å². The highest BCUT2D eigenvalue weighted by molar-refractivity contribution is 9.10. The summed E-state index contributed by atoms with van der Waals surface area (Å²) in [7, 11) is -1.06. The van der Waals surface area contributed by atoms with Crippen molar-refractivity contribution in [3.63, 3.8) is 0 Å². The van der Waals surface area contributed by atoms with Crippen molar-refractivity contribution in [3.05, 3.63) is 28.2 Å². The minimum Gasteiger partial charge on any atom is -0.379 e. The van der Waals surface area contributed by atoms with Gasteiger partial charge in [-0.15, -0.1) is 0 Å². The fourth-order valence-electron chi connectivity index (χ4n) is 4.01. The normalized spacial score (nSPS) is 28.2. The van der Waals surface area contributed by atoms with Crippen molar-refractivity contribution in [2.24, 2.45) is 0 Å². The third kappa shape index (κ3) is 3.32. The number of rotatable bonds is 3. The van der Waals surface area contributed by atoms with E-state index >= 15 is 0 Å². The summed E-state index contributed by atoms with van der Waals surface area (Å²) in [5, 5.41) is 0. The van der Waals surface area contributed by atoms with Crippen molar-refractivity contribution in [1.82, 2.24) is 0 Å². The molecule has 1 aliphatic heterocycles. The van der Waals surface area contributed by atoms with E-state index in [1.165, 1.54) is 5.56 Å². The minimum absolute atomic E-state index is 0.0190. The highest BCUT2D eigenvalue weighted by atomic mass is 79.9. The largest absolute Gasteiger partial charge is 0.379 e. The highest BCUT2D eigenvalue weighted by Crippen LogP contribution is 2.49. The van der Waals surface area contributed by atoms with Gasteiger partial charge in [0.15, 0.2) is 0 Å². The molecule has 1 unspecified atom stereocenters. The van der Waals surface area contributed by atoms with Gasteiger partial charge in [0.2, 0.25) is 0 Å². The molecule has 0 amide bonds. The van der Waals surface area contributed by atoms with Crippen molar-refractivity contribution < 1.29 is 8.95 Å². The average Bonchev–Trinajstić information content (AvgIpc) is 2.81. The van der Waals surface area contributed by atoms with Crippen LogP contribution in [0.25, 0.3) is 0 Å². The Morgan fingerprint density at radius 2 is 2.00 bits per heavy atom. The predicted octanol–water partition coefficient (Wildman–Crippen LogP) is 4.99. The molecule has 2 aliphatic rings. The third-order valence-corrected chi connectivity index (χ3v) is 7.63. The Morgan fingerprint density at radius 1 is 1.33 bits per heavy atom. The molecule has 1 atom stereocenters. The lowest BCUT2D eigenvalue weighted by molar-refractivity contribution is 0.0224. The number of benzene rings is 1. The molecule has 1 aromatic carbocycles. The number of fused-ring (bicyclic) bond motifs is 1. The van der Waals surface area contributed by atoms with E-state index in [2.05, 4.69) is 66.1 Å². The third-order valence-electron chi connectivity index (χ3n) is 5.17. The average molecular weight is 414 g/mol. The molecule has 3 nitrogen and oxygen atoms in total. The van der Waals surface area contributed by atoms with E-state index in [0.717, 1.165) is 48.9 Å². The lowest BCUT2D eigenvalue weighted by Gasteiger charge is -2.45. The van der Waals surface area contributed by atoms with E-state index in [-0.39, 0.29) is 10.3 Å². The molecule has 5 heteroatoms. The lowest BCUT2D eigenvalue weighted by Crippen LogP contribution is -2.54. The van der Waals surface area contributed by atoms with Crippen LogP contribution >= 0.6 is 15.9 Å². The Hall–Kier alpha value is -0.390. The monoisotopic (exact) mass is 413 g/mol. The molecule has 1 heterocycles. The van der Waals surface area contributed by atoms with Crippen LogP contribution in [0, 0.1) is 0 Å². The van der Waals surface area contributed by atoms with Gasteiger partial charge >= 0.3 is 0 Å². The van der Waals surface area contributed by atoms with Gasteiger partial charge in [0.25, 0.3) is 0 Å². The smallest absolute Gasteiger partial charge is 0.125 e. The molecule has 0 N–H and O–H groups in total.